The molecule has 2 rings (SSSR count). The van der Waals surface area contributed by atoms with Crippen LogP contribution in [0.2, 0.25) is 0 Å². The van der Waals surface area contributed by atoms with Crippen molar-refractivity contribution in [1.29, 1.82) is 0 Å². The number of hydrogen-bond acceptors (Lipinski definition) is 8. The highest BCUT2D eigenvalue weighted by atomic mass is 32.2. The van der Waals surface area contributed by atoms with E-state index in [0.29, 0.717) is 19.5 Å². The number of hydroxylamine groups is 2. The number of oxime groups is 1. The number of hydrogen-bond donors (Lipinski definition) is 1. The predicted octanol–water partition coefficient (Wildman–Crippen LogP) is 0.799. The van der Waals surface area contributed by atoms with Gasteiger partial charge in [-0.3, -0.25) is 4.84 Å². The van der Waals surface area contributed by atoms with Crippen LogP contribution in [0.25, 0.3) is 0 Å². The Balaban J connectivity index is 2.22. The first-order valence-corrected chi connectivity index (χ1v) is 13.7. The molecule has 2 heterocycles. The molecule has 10 nitrogen and oxygen atoms in total. The van der Waals surface area contributed by atoms with Gasteiger partial charge in [0.1, 0.15) is 0 Å². The summed E-state index contributed by atoms with van der Waals surface area (Å²) in [7, 11) is -6.84. The van der Waals surface area contributed by atoms with Crippen molar-refractivity contribution in [2.75, 3.05) is 38.7 Å². The summed E-state index contributed by atoms with van der Waals surface area (Å²) in [6.45, 7) is 10.6. The van der Waals surface area contributed by atoms with Crippen molar-refractivity contribution < 1.29 is 26.9 Å². The minimum Gasteiger partial charge on any atom is -0.411 e. The molecule has 2 aliphatic heterocycles. The van der Waals surface area contributed by atoms with Gasteiger partial charge in [0, 0.05) is 43.7 Å². The number of fused-ring (bicyclic) bond motifs is 1. The van der Waals surface area contributed by atoms with Crippen molar-refractivity contribution in [2.45, 2.75) is 59.2 Å². The van der Waals surface area contributed by atoms with Crippen LogP contribution in [-0.4, -0.2) is 98.8 Å². The highest BCUT2D eigenvalue weighted by Crippen LogP contribution is 2.40. The molecule has 2 saturated heterocycles. The van der Waals surface area contributed by atoms with Gasteiger partial charge in [-0.1, -0.05) is 27.7 Å². The number of rotatable bonds is 7. The quantitative estimate of drug-likeness (QED) is 0.333. The smallest absolute Gasteiger partial charge is 0.211 e. The number of nitrogens with zero attached hydrogens (tertiary/aromatic N) is 4. The monoisotopic (exact) mass is 468 g/mol. The van der Waals surface area contributed by atoms with Crippen LogP contribution >= 0.6 is 0 Å². The van der Waals surface area contributed by atoms with Gasteiger partial charge in [-0.25, -0.2) is 16.8 Å². The maximum absolute atomic E-state index is 12.4. The highest BCUT2D eigenvalue weighted by Gasteiger charge is 2.49. The zero-order valence-electron chi connectivity index (χ0n) is 18.9. The lowest BCUT2D eigenvalue weighted by Gasteiger charge is -2.35. The van der Waals surface area contributed by atoms with Crippen molar-refractivity contribution in [3.8, 4) is 0 Å². The topological polar surface area (TPSA) is 120 Å². The molecule has 0 aromatic rings. The van der Waals surface area contributed by atoms with Gasteiger partial charge in [0.2, 0.25) is 20.0 Å². The Morgan fingerprint density at radius 1 is 1.27 bits per heavy atom. The van der Waals surface area contributed by atoms with E-state index >= 15 is 0 Å². The summed E-state index contributed by atoms with van der Waals surface area (Å²) in [6, 6.07) is -0.209. The lowest BCUT2D eigenvalue weighted by atomic mass is 9.82. The summed E-state index contributed by atoms with van der Waals surface area (Å²) in [4.78, 5) is 6.18. The van der Waals surface area contributed by atoms with Crippen molar-refractivity contribution in [3.63, 3.8) is 0 Å². The molecule has 0 aliphatic carbocycles. The van der Waals surface area contributed by atoms with E-state index in [1.54, 1.807) is 13.8 Å². The summed E-state index contributed by atoms with van der Waals surface area (Å²) < 4.78 is 52.0. The molecule has 3 unspecified atom stereocenters. The third-order valence-electron chi connectivity index (χ3n) is 5.79. The van der Waals surface area contributed by atoms with E-state index in [9.17, 15) is 16.8 Å². The molecular weight excluding hydrogens is 432 g/mol. The molecule has 30 heavy (non-hydrogen) atoms. The second-order valence-corrected chi connectivity index (χ2v) is 14.0. The number of sulfonamides is 2. The van der Waals surface area contributed by atoms with E-state index in [1.165, 1.54) is 21.1 Å². The van der Waals surface area contributed by atoms with E-state index in [4.69, 9.17) is 10.0 Å². The molecule has 3 atom stereocenters. The summed E-state index contributed by atoms with van der Waals surface area (Å²) >= 11 is 0. The van der Waals surface area contributed by atoms with Crippen molar-refractivity contribution in [2.24, 2.45) is 16.0 Å². The Labute approximate surface area is 180 Å². The van der Waals surface area contributed by atoms with E-state index in [2.05, 4.69) is 5.16 Å². The van der Waals surface area contributed by atoms with Crippen LogP contribution in [0.3, 0.4) is 0 Å². The molecule has 0 radical (unpaired) electrons. The van der Waals surface area contributed by atoms with Crippen LogP contribution < -0.4 is 0 Å². The molecule has 0 saturated carbocycles. The Morgan fingerprint density at radius 2 is 1.87 bits per heavy atom. The van der Waals surface area contributed by atoms with Crippen molar-refractivity contribution in [3.05, 3.63) is 0 Å². The van der Waals surface area contributed by atoms with E-state index in [-0.39, 0.29) is 36.7 Å². The van der Waals surface area contributed by atoms with Crippen LogP contribution in [0.4, 0.5) is 0 Å². The van der Waals surface area contributed by atoms with Gasteiger partial charge in [0.15, 0.2) is 0 Å². The van der Waals surface area contributed by atoms with Gasteiger partial charge < -0.3 is 5.21 Å². The lowest BCUT2D eigenvalue weighted by Crippen LogP contribution is -2.44. The van der Waals surface area contributed by atoms with Crippen molar-refractivity contribution in [1.82, 2.24) is 13.7 Å². The van der Waals surface area contributed by atoms with Crippen LogP contribution in [0.1, 0.15) is 41.0 Å². The molecule has 1 N–H and O–H groups in total. The average molecular weight is 469 g/mol. The predicted molar refractivity (Wildman–Crippen MR) is 115 cm³/mol. The first-order chi connectivity index (χ1) is 13.5. The first-order valence-electron chi connectivity index (χ1n) is 10.0. The third-order valence-corrected chi connectivity index (χ3v) is 8.22. The zero-order chi connectivity index (χ0) is 23.1. The summed E-state index contributed by atoms with van der Waals surface area (Å²) in [6.07, 6.45) is 3.94. The molecule has 0 bridgehead atoms. The molecule has 176 valence electrons. The first kappa shape index (κ1) is 25.5. The molecule has 0 amide bonds. The van der Waals surface area contributed by atoms with Crippen LogP contribution in [0, 0.1) is 10.8 Å². The fourth-order valence-electron chi connectivity index (χ4n) is 4.27. The van der Waals surface area contributed by atoms with Gasteiger partial charge in [-0.05, 0) is 18.8 Å². The van der Waals surface area contributed by atoms with E-state index in [1.807, 2.05) is 25.8 Å². The van der Waals surface area contributed by atoms with Crippen LogP contribution in [0.15, 0.2) is 5.16 Å². The van der Waals surface area contributed by atoms with Gasteiger partial charge in [-0.2, -0.15) is 13.7 Å². The SMILES string of the molecule is CC1CN(S(C)(=O)=O)CC(C)(C)C2CC(CN(CC(C)(C)/C=N/O)S(C)(=O)=O)ON12. The van der Waals surface area contributed by atoms with Gasteiger partial charge >= 0.3 is 0 Å². The van der Waals surface area contributed by atoms with Gasteiger partial charge in [-0.15, -0.1) is 5.16 Å². The van der Waals surface area contributed by atoms with Gasteiger partial charge in [0.25, 0.3) is 0 Å². The second-order valence-electron chi connectivity index (χ2n) is 10.0. The molecule has 2 aliphatic rings. The summed E-state index contributed by atoms with van der Waals surface area (Å²) in [5, 5.41) is 13.8. The van der Waals surface area contributed by atoms with E-state index in [0.717, 1.165) is 6.26 Å². The molecular formula is C18H36N4O6S2. The molecule has 0 aromatic heterocycles. The Kier molecular flexibility index (Phi) is 7.32. The van der Waals surface area contributed by atoms with Crippen molar-refractivity contribution >= 4 is 26.3 Å². The second kappa shape index (κ2) is 8.62. The van der Waals surface area contributed by atoms with Gasteiger partial charge in [0.05, 0.1) is 24.8 Å². The largest absolute Gasteiger partial charge is 0.411 e. The Bertz CT molecular complexity index is 856. The van der Waals surface area contributed by atoms with E-state index < -0.39 is 25.5 Å². The maximum atomic E-state index is 12.4. The van der Waals surface area contributed by atoms with Crippen LogP contribution in [0.5, 0.6) is 0 Å². The fourth-order valence-corrected chi connectivity index (χ4v) is 6.33. The third kappa shape index (κ3) is 6.13. The molecule has 0 aromatic carbocycles. The Morgan fingerprint density at radius 3 is 2.37 bits per heavy atom. The summed E-state index contributed by atoms with van der Waals surface area (Å²) in [5.41, 5.74) is -1.02. The highest BCUT2D eigenvalue weighted by molar-refractivity contribution is 7.88. The minimum atomic E-state index is -3.51. The molecule has 12 heteroatoms. The maximum Gasteiger partial charge on any atom is 0.211 e. The standard InChI is InChI=1S/C18H36N4O6S2/c1-14-9-20(29(6,24)25)13-18(4,5)16-8-15(28-22(14)16)10-21(30(7,26)27)12-17(2,3)11-19-23/h11,14-16,23H,8-10,12-13H2,1-7H3/b19-11+. The lowest BCUT2D eigenvalue weighted by molar-refractivity contribution is -0.194. The summed E-state index contributed by atoms with van der Waals surface area (Å²) in [5.74, 6) is 0. The molecule has 0 spiro atoms. The van der Waals surface area contributed by atoms with Crippen LogP contribution in [-0.2, 0) is 24.9 Å². The molecule has 2 fully saturated rings. The zero-order valence-corrected chi connectivity index (χ0v) is 20.6. The minimum absolute atomic E-state index is 0.0438. The normalized spacial score (nSPS) is 29.4. The average Bonchev–Trinajstić information content (AvgIpc) is 2.92. The Hall–Kier alpha value is -0.790. The fraction of sp³-hybridized carbons (Fsp3) is 0.944.